The number of aliphatic carboxylic acids is 1. The van der Waals surface area contributed by atoms with Crippen LogP contribution in [0, 0.1) is 0 Å². The summed E-state index contributed by atoms with van der Waals surface area (Å²) in [5.41, 5.74) is 2.73. The number of carboxylic acid groups (broad SMARTS) is 1. The molecule has 0 saturated carbocycles. The highest BCUT2D eigenvalue weighted by Crippen LogP contribution is 2.38. The third-order valence-electron chi connectivity index (χ3n) is 5.45. The van der Waals surface area contributed by atoms with E-state index in [1.54, 1.807) is 31.4 Å². The summed E-state index contributed by atoms with van der Waals surface area (Å²) in [6, 6.07) is 19.8. The van der Waals surface area contributed by atoms with Crippen molar-refractivity contribution in [3.8, 4) is 28.2 Å². The number of carboxylic acids is 1. The van der Waals surface area contributed by atoms with Crippen molar-refractivity contribution < 1.29 is 23.5 Å². The SMILES string of the molecule is COc1ccccc1-c1coc2c(ccc3oc(-c4ccccc4)c(CC(=O)O)c32)c1=O. The fourth-order valence-corrected chi connectivity index (χ4v) is 4.03. The Kier molecular flexibility index (Phi) is 4.75. The monoisotopic (exact) mass is 426 g/mol. The molecule has 0 atom stereocenters. The maximum absolute atomic E-state index is 13.4. The number of ether oxygens (including phenoxy) is 1. The van der Waals surface area contributed by atoms with Gasteiger partial charge in [0.05, 0.1) is 29.9 Å². The molecule has 0 aliphatic carbocycles. The lowest BCUT2D eigenvalue weighted by molar-refractivity contribution is -0.136. The lowest BCUT2D eigenvalue weighted by Crippen LogP contribution is -2.06. The average Bonchev–Trinajstić information content (AvgIpc) is 3.18. The second-order valence-electron chi connectivity index (χ2n) is 7.34. The van der Waals surface area contributed by atoms with Gasteiger partial charge in [0.25, 0.3) is 0 Å². The largest absolute Gasteiger partial charge is 0.496 e. The third kappa shape index (κ3) is 3.13. The van der Waals surface area contributed by atoms with Crippen LogP contribution in [-0.2, 0) is 11.2 Å². The molecule has 0 aliphatic heterocycles. The summed E-state index contributed by atoms with van der Waals surface area (Å²) in [7, 11) is 1.54. The summed E-state index contributed by atoms with van der Waals surface area (Å²) in [5.74, 6) is 0.00305. The van der Waals surface area contributed by atoms with Gasteiger partial charge in [-0.2, -0.15) is 0 Å². The highest BCUT2D eigenvalue weighted by Gasteiger charge is 2.23. The molecule has 2 aromatic heterocycles. The average molecular weight is 426 g/mol. The molecule has 0 unspecified atom stereocenters. The molecule has 1 N–H and O–H groups in total. The number of rotatable bonds is 5. The predicted octanol–water partition coefficient (Wildman–Crippen LogP) is 5.51. The van der Waals surface area contributed by atoms with Gasteiger partial charge in [0.2, 0.25) is 5.43 Å². The van der Waals surface area contributed by atoms with Gasteiger partial charge in [-0.05, 0) is 18.2 Å². The topological polar surface area (TPSA) is 89.9 Å². The normalized spacial score (nSPS) is 11.2. The van der Waals surface area contributed by atoms with Gasteiger partial charge in [-0.1, -0.05) is 48.5 Å². The fourth-order valence-electron chi connectivity index (χ4n) is 4.03. The number of carbonyl (C=O) groups is 1. The second kappa shape index (κ2) is 7.74. The lowest BCUT2D eigenvalue weighted by Gasteiger charge is -2.08. The molecule has 0 amide bonds. The van der Waals surface area contributed by atoms with E-state index >= 15 is 0 Å². The number of furan rings is 1. The Morgan fingerprint density at radius 1 is 0.969 bits per heavy atom. The Hall–Kier alpha value is -4.32. The van der Waals surface area contributed by atoms with E-state index < -0.39 is 5.97 Å². The van der Waals surface area contributed by atoms with E-state index in [4.69, 9.17) is 13.6 Å². The standard InChI is InChI=1S/C26H18O6/c1-30-20-10-6-5-9-16(20)19-14-31-26-17(24(19)29)11-12-21-23(26)18(13-22(27)28)25(32-21)15-7-3-2-4-8-15/h2-12,14H,13H2,1H3,(H,27,28). The third-order valence-corrected chi connectivity index (χ3v) is 5.45. The molecule has 0 spiro atoms. The Morgan fingerprint density at radius 2 is 1.72 bits per heavy atom. The van der Waals surface area contributed by atoms with Crippen LogP contribution in [0.3, 0.4) is 0 Å². The first-order valence-corrected chi connectivity index (χ1v) is 9.99. The minimum atomic E-state index is -1.00. The highest BCUT2D eigenvalue weighted by molar-refractivity contribution is 6.08. The molecule has 6 nitrogen and oxygen atoms in total. The molecule has 3 aromatic carbocycles. The summed E-state index contributed by atoms with van der Waals surface area (Å²) in [4.78, 5) is 25.0. The Labute approximate surface area is 182 Å². The molecule has 158 valence electrons. The molecule has 2 heterocycles. The van der Waals surface area contributed by atoms with Crippen LogP contribution in [0.15, 0.2) is 86.6 Å². The van der Waals surface area contributed by atoms with E-state index in [-0.39, 0.29) is 11.8 Å². The molecule has 0 aliphatic rings. The van der Waals surface area contributed by atoms with E-state index in [0.717, 1.165) is 5.56 Å². The van der Waals surface area contributed by atoms with Gasteiger partial charge in [0.15, 0.2) is 0 Å². The molecular formula is C26H18O6. The van der Waals surface area contributed by atoms with Gasteiger partial charge >= 0.3 is 5.97 Å². The van der Waals surface area contributed by atoms with E-state index in [1.807, 2.05) is 42.5 Å². The van der Waals surface area contributed by atoms with Crippen molar-refractivity contribution in [3.05, 3.63) is 88.8 Å². The minimum absolute atomic E-state index is 0.235. The lowest BCUT2D eigenvalue weighted by atomic mass is 10.00. The van der Waals surface area contributed by atoms with Crippen LogP contribution in [0.1, 0.15) is 5.56 Å². The van der Waals surface area contributed by atoms with Gasteiger partial charge in [0, 0.05) is 16.7 Å². The van der Waals surface area contributed by atoms with Crippen molar-refractivity contribution >= 4 is 27.9 Å². The van der Waals surface area contributed by atoms with Crippen molar-refractivity contribution in [2.75, 3.05) is 7.11 Å². The van der Waals surface area contributed by atoms with Gasteiger partial charge in [-0.25, -0.2) is 0 Å². The smallest absolute Gasteiger partial charge is 0.307 e. The maximum Gasteiger partial charge on any atom is 0.307 e. The second-order valence-corrected chi connectivity index (χ2v) is 7.34. The zero-order valence-corrected chi connectivity index (χ0v) is 17.1. The summed E-state index contributed by atoms with van der Waals surface area (Å²) in [6.07, 6.45) is 1.12. The van der Waals surface area contributed by atoms with Crippen molar-refractivity contribution in [3.63, 3.8) is 0 Å². The Morgan fingerprint density at radius 3 is 2.47 bits per heavy atom. The first-order valence-electron chi connectivity index (χ1n) is 9.99. The number of fused-ring (bicyclic) bond motifs is 3. The van der Waals surface area contributed by atoms with Gasteiger partial charge < -0.3 is 18.7 Å². The Balaban J connectivity index is 1.82. The van der Waals surface area contributed by atoms with Crippen LogP contribution in [0.2, 0.25) is 0 Å². The Bertz CT molecular complexity index is 1530. The zero-order chi connectivity index (χ0) is 22.2. The number of methoxy groups -OCH3 is 1. The first-order chi connectivity index (χ1) is 15.6. The fraction of sp³-hybridized carbons (Fsp3) is 0.0769. The van der Waals surface area contributed by atoms with Crippen molar-refractivity contribution in [2.24, 2.45) is 0 Å². The maximum atomic E-state index is 13.4. The molecule has 0 radical (unpaired) electrons. The van der Waals surface area contributed by atoms with Crippen molar-refractivity contribution in [1.29, 1.82) is 0 Å². The van der Waals surface area contributed by atoms with Crippen molar-refractivity contribution in [1.82, 2.24) is 0 Å². The first kappa shape index (κ1) is 19.6. The molecule has 0 bridgehead atoms. The molecule has 32 heavy (non-hydrogen) atoms. The molecular weight excluding hydrogens is 408 g/mol. The van der Waals surface area contributed by atoms with E-state index in [1.165, 1.54) is 6.26 Å². The summed E-state index contributed by atoms with van der Waals surface area (Å²) in [5, 5.41) is 10.4. The van der Waals surface area contributed by atoms with Crippen LogP contribution in [0.25, 0.3) is 44.4 Å². The van der Waals surface area contributed by atoms with Gasteiger partial charge in [0.1, 0.15) is 28.9 Å². The van der Waals surface area contributed by atoms with Crippen LogP contribution < -0.4 is 10.2 Å². The quantitative estimate of drug-likeness (QED) is 0.399. The van der Waals surface area contributed by atoms with E-state index in [2.05, 4.69) is 0 Å². The molecule has 5 aromatic rings. The molecule has 0 fully saturated rings. The minimum Gasteiger partial charge on any atom is -0.496 e. The zero-order valence-electron chi connectivity index (χ0n) is 17.1. The van der Waals surface area contributed by atoms with E-state index in [9.17, 15) is 14.7 Å². The molecule has 6 heteroatoms. The molecule has 0 saturated heterocycles. The summed E-state index contributed by atoms with van der Waals surface area (Å²) in [6.45, 7) is 0. The number of benzene rings is 3. The highest BCUT2D eigenvalue weighted by atomic mass is 16.5. The number of para-hydroxylation sites is 1. The molecule has 5 rings (SSSR count). The predicted molar refractivity (Wildman–Crippen MR) is 121 cm³/mol. The summed E-state index contributed by atoms with van der Waals surface area (Å²) >= 11 is 0. The van der Waals surface area contributed by atoms with Crippen LogP contribution in [-0.4, -0.2) is 18.2 Å². The van der Waals surface area contributed by atoms with Crippen LogP contribution >= 0.6 is 0 Å². The van der Waals surface area contributed by atoms with Crippen LogP contribution in [0.5, 0.6) is 5.75 Å². The van der Waals surface area contributed by atoms with Gasteiger partial charge in [-0.15, -0.1) is 0 Å². The van der Waals surface area contributed by atoms with Crippen molar-refractivity contribution in [2.45, 2.75) is 6.42 Å². The number of hydrogen-bond donors (Lipinski definition) is 1. The van der Waals surface area contributed by atoms with E-state index in [0.29, 0.717) is 50.1 Å². The van der Waals surface area contributed by atoms with Crippen LogP contribution in [0.4, 0.5) is 0 Å². The van der Waals surface area contributed by atoms with Gasteiger partial charge in [-0.3, -0.25) is 9.59 Å². The summed E-state index contributed by atoms with van der Waals surface area (Å²) < 4.78 is 17.4. The number of hydrogen-bond acceptors (Lipinski definition) is 5.